The molecule has 12 heavy (non-hydrogen) atoms. The van der Waals surface area contributed by atoms with E-state index < -0.39 is 5.66 Å². The summed E-state index contributed by atoms with van der Waals surface area (Å²) < 4.78 is 0. The Labute approximate surface area is 71.8 Å². The van der Waals surface area contributed by atoms with Gasteiger partial charge in [0, 0.05) is 11.3 Å². The number of Topliss-reactive ketones (excluding diaryl/α,β-unsaturated/α-hetero) is 1. The van der Waals surface area contributed by atoms with Crippen LogP contribution in [0.2, 0.25) is 0 Å². The zero-order valence-electron chi connectivity index (χ0n) is 7.26. The van der Waals surface area contributed by atoms with Crippen molar-refractivity contribution < 1.29 is 4.79 Å². The van der Waals surface area contributed by atoms with Gasteiger partial charge in [0.2, 0.25) is 0 Å². The Morgan fingerprint density at radius 3 is 2.42 bits per heavy atom. The van der Waals surface area contributed by atoms with Gasteiger partial charge in [-0.25, -0.2) is 0 Å². The van der Waals surface area contributed by atoms with Crippen LogP contribution in [-0.4, -0.2) is 11.4 Å². The minimum absolute atomic E-state index is 0.114. The van der Waals surface area contributed by atoms with Crippen LogP contribution in [0.15, 0.2) is 11.3 Å². The van der Waals surface area contributed by atoms with Crippen LogP contribution in [-0.2, 0) is 4.79 Å². The van der Waals surface area contributed by atoms with Crippen molar-refractivity contribution in [2.75, 3.05) is 0 Å². The van der Waals surface area contributed by atoms with Crippen LogP contribution in [0.25, 0.3) is 0 Å². The lowest BCUT2D eigenvalue weighted by Crippen LogP contribution is -2.55. The second kappa shape index (κ2) is 2.88. The van der Waals surface area contributed by atoms with Crippen LogP contribution >= 0.6 is 0 Å². The molecule has 1 aliphatic rings. The molecule has 0 atom stereocenters. The number of allylic oxidation sites excluding steroid dienone is 1. The largest absolute Gasteiger partial charge is 0.402 e. The lowest BCUT2D eigenvalue weighted by molar-refractivity contribution is -0.114. The van der Waals surface area contributed by atoms with Crippen molar-refractivity contribution in [2.24, 2.45) is 17.2 Å². The average Bonchev–Trinajstić information content (AvgIpc) is 1.82. The molecule has 0 aliphatic heterocycles. The molecule has 6 N–H and O–H groups in total. The van der Waals surface area contributed by atoms with Gasteiger partial charge >= 0.3 is 0 Å². The molecule has 4 heteroatoms. The van der Waals surface area contributed by atoms with Crippen LogP contribution in [0.3, 0.4) is 0 Å². The minimum atomic E-state index is -1.01. The van der Waals surface area contributed by atoms with E-state index in [1.165, 1.54) is 6.92 Å². The van der Waals surface area contributed by atoms with E-state index in [1.54, 1.807) is 0 Å². The summed E-state index contributed by atoms with van der Waals surface area (Å²) in [6, 6.07) is 0. The highest BCUT2D eigenvalue weighted by Crippen LogP contribution is 2.26. The smallest absolute Gasteiger partial charge is 0.160 e. The SMILES string of the molecule is CC(=O)C1=C(N)CCCC1(N)N. The minimum Gasteiger partial charge on any atom is -0.402 e. The van der Waals surface area contributed by atoms with E-state index in [9.17, 15) is 4.79 Å². The number of hydrogen-bond acceptors (Lipinski definition) is 4. The van der Waals surface area contributed by atoms with E-state index in [2.05, 4.69) is 0 Å². The van der Waals surface area contributed by atoms with Gasteiger partial charge in [0.25, 0.3) is 0 Å². The molecule has 0 saturated heterocycles. The number of nitrogens with two attached hydrogens (primary N) is 3. The van der Waals surface area contributed by atoms with Crippen molar-refractivity contribution in [3.05, 3.63) is 11.3 Å². The Morgan fingerprint density at radius 1 is 1.50 bits per heavy atom. The van der Waals surface area contributed by atoms with Crippen LogP contribution in [0.4, 0.5) is 0 Å². The quantitative estimate of drug-likeness (QED) is 0.465. The number of hydrogen-bond donors (Lipinski definition) is 3. The Hall–Kier alpha value is -0.870. The Balaban J connectivity index is 3.09. The molecular weight excluding hydrogens is 154 g/mol. The van der Waals surface area contributed by atoms with Gasteiger partial charge in [-0.3, -0.25) is 4.79 Å². The molecule has 0 bridgehead atoms. The standard InChI is InChI=1S/C8H15N3O/c1-5(12)7-6(9)3-2-4-8(7,10)11/h2-4,9-11H2,1H3. The number of rotatable bonds is 1. The van der Waals surface area contributed by atoms with Crippen molar-refractivity contribution >= 4 is 5.78 Å². The zero-order chi connectivity index (χ0) is 9.35. The zero-order valence-corrected chi connectivity index (χ0v) is 7.26. The summed E-state index contributed by atoms with van der Waals surface area (Å²) in [5, 5.41) is 0. The molecule has 0 aromatic heterocycles. The van der Waals surface area contributed by atoms with Gasteiger partial charge in [0.15, 0.2) is 5.78 Å². The molecule has 0 spiro atoms. The topological polar surface area (TPSA) is 95.1 Å². The summed E-state index contributed by atoms with van der Waals surface area (Å²) in [5.41, 5.74) is 17.1. The number of carbonyl (C=O) groups excluding carboxylic acids is 1. The monoisotopic (exact) mass is 169 g/mol. The molecule has 68 valence electrons. The molecule has 0 radical (unpaired) electrons. The molecule has 0 heterocycles. The van der Waals surface area contributed by atoms with Gasteiger partial charge in [-0.15, -0.1) is 0 Å². The third-order valence-corrected chi connectivity index (χ3v) is 2.18. The van der Waals surface area contributed by atoms with Crippen molar-refractivity contribution in [1.29, 1.82) is 0 Å². The molecule has 4 nitrogen and oxygen atoms in total. The summed E-state index contributed by atoms with van der Waals surface area (Å²) >= 11 is 0. The van der Waals surface area contributed by atoms with E-state index in [4.69, 9.17) is 17.2 Å². The maximum Gasteiger partial charge on any atom is 0.160 e. The fraction of sp³-hybridized carbons (Fsp3) is 0.625. The molecule has 0 saturated carbocycles. The molecule has 1 rings (SSSR count). The summed E-state index contributed by atoms with van der Waals surface area (Å²) in [5.74, 6) is -0.114. The molecule has 1 aliphatic carbocycles. The molecule has 0 unspecified atom stereocenters. The number of ketones is 1. The first-order valence-electron chi connectivity index (χ1n) is 4.03. The fourth-order valence-corrected chi connectivity index (χ4v) is 1.67. The highest BCUT2D eigenvalue weighted by Gasteiger charge is 2.32. The molecule has 0 aromatic rings. The van der Waals surface area contributed by atoms with Crippen molar-refractivity contribution in [3.63, 3.8) is 0 Å². The van der Waals surface area contributed by atoms with Gasteiger partial charge in [-0.2, -0.15) is 0 Å². The predicted molar refractivity (Wildman–Crippen MR) is 46.9 cm³/mol. The van der Waals surface area contributed by atoms with Gasteiger partial charge in [0.1, 0.15) is 0 Å². The van der Waals surface area contributed by atoms with Crippen LogP contribution in [0, 0.1) is 0 Å². The maximum absolute atomic E-state index is 11.1. The summed E-state index contributed by atoms with van der Waals surface area (Å²) in [6.45, 7) is 1.45. The van der Waals surface area contributed by atoms with Gasteiger partial charge in [-0.05, 0) is 26.2 Å². The van der Waals surface area contributed by atoms with Gasteiger partial charge in [-0.1, -0.05) is 0 Å². The van der Waals surface area contributed by atoms with Crippen LogP contribution in [0.1, 0.15) is 26.2 Å². The third-order valence-electron chi connectivity index (χ3n) is 2.18. The first-order chi connectivity index (χ1) is 5.45. The van der Waals surface area contributed by atoms with Crippen molar-refractivity contribution in [1.82, 2.24) is 0 Å². The van der Waals surface area contributed by atoms with E-state index >= 15 is 0 Å². The second-order valence-corrected chi connectivity index (χ2v) is 3.35. The normalized spacial score (nSPS) is 22.6. The first kappa shape index (κ1) is 9.22. The van der Waals surface area contributed by atoms with Crippen molar-refractivity contribution in [3.8, 4) is 0 Å². The lowest BCUT2D eigenvalue weighted by Gasteiger charge is -2.31. The Bertz CT molecular complexity index is 243. The van der Waals surface area contributed by atoms with E-state index in [1.807, 2.05) is 0 Å². The van der Waals surface area contributed by atoms with E-state index in [0.717, 1.165) is 12.8 Å². The molecule has 0 aromatic carbocycles. The van der Waals surface area contributed by atoms with E-state index in [0.29, 0.717) is 17.7 Å². The average molecular weight is 169 g/mol. The lowest BCUT2D eigenvalue weighted by atomic mass is 9.85. The summed E-state index contributed by atoms with van der Waals surface area (Å²) in [7, 11) is 0. The van der Waals surface area contributed by atoms with E-state index in [-0.39, 0.29) is 5.78 Å². The fourth-order valence-electron chi connectivity index (χ4n) is 1.67. The number of carbonyl (C=O) groups is 1. The predicted octanol–water partition coefficient (Wildman–Crippen LogP) is -0.414. The summed E-state index contributed by atoms with van der Waals surface area (Å²) in [6.07, 6.45) is 2.21. The van der Waals surface area contributed by atoms with Crippen LogP contribution < -0.4 is 17.2 Å². The maximum atomic E-state index is 11.1. The van der Waals surface area contributed by atoms with Gasteiger partial charge in [0.05, 0.1) is 5.66 Å². The third kappa shape index (κ3) is 1.49. The Morgan fingerprint density at radius 2 is 2.08 bits per heavy atom. The first-order valence-corrected chi connectivity index (χ1v) is 4.03. The van der Waals surface area contributed by atoms with Gasteiger partial charge < -0.3 is 17.2 Å². The highest BCUT2D eigenvalue weighted by atomic mass is 16.1. The Kier molecular flexibility index (Phi) is 2.21. The second-order valence-electron chi connectivity index (χ2n) is 3.35. The summed E-state index contributed by atoms with van der Waals surface area (Å²) in [4.78, 5) is 11.1. The highest BCUT2D eigenvalue weighted by molar-refractivity contribution is 5.96. The van der Waals surface area contributed by atoms with Crippen LogP contribution in [0.5, 0.6) is 0 Å². The van der Waals surface area contributed by atoms with Crippen molar-refractivity contribution in [2.45, 2.75) is 31.8 Å². The molecule has 0 amide bonds. The molecular formula is C8H15N3O. The molecule has 0 fully saturated rings.